The lowest BCUT2D eigenvalue weighted by molar-refractivity contribution is -0.140. The summed E-state index contributed by atoms with van der Waals surface area (Å²) in [4.78, 5) is 14.2. The van der Waals surface area contributed by atoms with Crippen LogP contribution in [0.15, 0.2) is 0 Å². The minimum absolute atomic E-state index is 0.365. The fourth-order valence-electron chi connectivity index (χ4n) is 2.90. The lowest BCUT2D eigenvalue weighted by Gasteiger charge is -2.34. The number of amides is 1. The molecule has 0 saturated carbocycles. The fraction of sp³-hybridized carbons (Fsp3) is 0.917. The van der Waals surface area contributed by atoms with E-state index in [1.54, 1.807) is 0 Å². The number of carbonyl (C=O) groups is 1. The van der Waals surface area contributed by atoms with Crippen molar-refractivity contribution in [3.8, 4) is 0 Å². The predicted octanol–water partition coefficient (Wildman–Crippen LogP) is 2.58. The van der Waals surface area contributed by atoms with Crippen LogP contribution in [0.2, 0.25) is 0 Å². The summed E-state index contributed by atoms with van der Waals surface area (Å²) in [7, 11) is 0. The first-order chi connectivity index (χ1) is 6.83. The maximum atomic E-state index is 12.0. The van der Waals surface area contributed by atoms with Crippen LogP contribution in [-0.2, 0) is 4.79 Å². The van der Waals surface area contributed by atoms with E-state index < -0.39 is 0 Å². The molecule has 2 atom stereocenters. The van der Waals surface area contributed by atoms with E-state index in [1.807, 2.05) is 0 Å². The molecule has 0 aliphatic carbocycles. The summed E-state index contributed by atoms with van der Waals surface area (Å²) in [6.45, 7) is 3.23. The number of piperidine rings is 1. The molecule has 2 saturated heterocycles. The molecule has 0 aromatic heterocycles. The quantitative estimate of drug-likeness (QED) is 0.678. The molecular formula is C12H21NO. The Morgan fingerprint density at radius 3 is 3.00 bits per heavy atom. The van der Waals surface area contributed by atoms with Gasteiger partial charge in [-0.05, 0) is 32.1 Å². The Bertz CT molecular complexity index is 214. The highest BCUT2D eigenvalue weighted by atomic mass is 16.2. The molecule has 2 fully saturated rings. The zero-order valence-electron chi connectivity index (χ0n) is 9.17. The summed E-state index contributed by atoms with van der Waals surface area (Å²) >= 11 is 0. The highest BCUT2D eigenvalue weighted by Crippen LogP contribution is 2.32. The molecule has 0 N–H and O–H groups in total. The van der Waals surface area contributed by atoms with Crippen molar-refractivity contribution in [3.05, 3.63) is 0 Å². The zero-order valence-corrected chi connectivity index (χ0v) is 9.17. The van der Waals surface area contributed by atoms with Gasteiger partial charge in [-0.15, -0.1) is 0 Å². The van der Waals surface area contributed by atoms with Crippen LogP contribution in [0.3, 0.4) is 0 Å². The molecule has 0 aromatic carbocycles. The molecule has 2 heterocycles. The number of hydrogen-bond acceptors (Lipinski definition) is 1. The highest BCUT2D eigenvalue weighted by molar-refractivity contribution is 5.80. The second-order valence-corrected chi connectivity index (χ2v) is 4.74. The van der Waals surface area contributed by atoms with Crippen molar-refractivity contribution in [1.29, 1.82) is 0 Å². The monoisotopic (exact) mass is 195 g/mol. The average Bonchev–Trinajstić information content (AvgIpc) is 2.66. The van der Waals surface area contributed by atoms with E-state index >= 15 is 0 Å². The van der Waals surface area contributed by atoms with Gasteiger partial charge in [0.25, 0.3) is 0 Å². The van der Waals surface area contributed by atoms with Crippen molar-refractivity contribution in [3.63, 3.8) is 0 Å². The molecular weight excluding hydrogens is 174 g/mol. The molecule has 0 unspecified atom stereocenters. The van der Waals surface area contributed by atoms with E-state index in [-0.39, 0.29) is 0 Å². The Balaban J connectivity index is 1.92. The normalized spacial score (nSPS) is 32.1. The Hall–Kier alpha value is -0.530. The number of hydrogen-bond donors (Lipinski definition) is 0. The van der Waals surface area contributed by atoms with Crippen molar-refractivity contribution >= 4 is 5.91 Å². The summed E-state index contributed by atoms with van der Waals surface area (Å²) in [5.41, 5.74) is 0. The van der Waals surface area contributed by atoms with Gasteiger partial charge in [0, 0.05) is 18.5 Å². The molecule has 1 amide bonds. The lowest BCUT2D eigenvalue weighted by atomic mass is 9.89. The van der Waals surface area contributed by atoms with Gasteiger partial charge >= 0.3 is 0 Å². The first-order valence-corrected chi connectivity index (χ1v) is 6.13. The van der Waals surface area contributed by atoms with Crippen LogP contribution >= 0.6 is 0 Å². The number of unbranched alkanes of at least 4 members (excludes halogenated alkanes) is 1. The van der Waals surface area contributed by atoms with E-state index in [1.165, 1.54) is 32.1 Å². The molecule has 0 aromatic rings. The van der Waals surface area contributed by atoms with Crippen LogP contribution < -0.4 is 0 Å². The smallest absolute Gasteiger partial charge is 0.225 e. The van der Waals surface area contributed by atoms with E-state index in [0.717, 1.165) is 19.4 Å². The van der Waals surface area contributed by atoms with Crippen molar-refractivity contribution in [2.24, 2.45) is 5.92 Å². The third kappa shape index (κ3) is 1.79. The van der Waals surface area contributed by atoms with Gasteiger partial charge in [-0.2, -0.15) is 0 Å². The van der Waals surface area contributed by atoms with Crippen LogP contribution in [0.1, 0.15) is 51.9 Å². The Morgan fingerprint density at radius 2 is 2.21 bits per heavy atom. The third-order valence-electron chi connectivity index (χ3n) is 3.76. The summed E-state index contributed by atoms with van der Waals surface area (Å²) in [5.74, 6) is 0.830. The van der Waals surface area contributed by atoms with E-state index in [4.69, 9.17) is 0 Å². The summed E-state index contributed by atoms with van der Waals surface area (Å²) in [6, 6.07) is 0.611. The Morgan fingerprint density at radius 1 is 1.36 bits per heavy atom. The molecule has 2 aliphatic rings. The fourth-order valence-corrected chi connectivity index (χ4v) is 2.90. The minimum Gasteiger partial charge on any atom is -0.339 e. The number of fused-ring (bicyclic) bond motifs is 1. The lowest BCUT2D eigenvalue weighted by Crippen LogP contribution is -2.44. The van der Waals surface area contributed by atoms with Gasteiger partial charge in [-0.3, -0.25) is 4.79 Å². The zero-order chi connectivity index (χ0) is 9.97. The summed E-state index contributed by atoms with van der Waals surface area (Å²) < 4.78 is 0. The number of carbonyl (C=O) groups excluding carboxylic acids is 1. The molecule has 0 radical (unpaired) electrons. The maximum absolute atomic E-state index is 12.0. The van der Waals surface area contributed by atoms with Crippen LogP contribution in [0.5, 0.6) is 0 Å². The van der Waals surface area contributed by atoms with Crippen molar-refractivity contribution in [1.82, 2.24) is 4.90 Å². The first-order valence-electron chi connectivity index (χ1n) is 6.13. The topological polar surface area (TPSA) is 20.3 Å². The minimum atomic E-state index is 0.365. The summed E-state index contributed by atoms with van der Waals surface area (Å²) in [5, 5.41) is 0. The van der Waals surface area contributed by atoms with Gasteiger partial charge < -0.3 is 4.90 Å². The third-order valence-corrected chi connectivity index (χ3v) is 3.76. The van der Waals surface area contributed by atoms with E-state index in [0.29, 0.717) is 17.9 Å². The number of rotatable bonds is 3. The summed E-state index contributed by atoms with van der Waals surface area (Å²) in [6.07, 6.45) is 8.46. The molecule has 14 heavy (non-hydrogen) atoms. The van der Waals surface area contributed by atoms with Crippen LogP contribution in [-0.4, -0.2) is 23.4 Å². The van der Waals surface area contributed by atoms with Gasteiger partial charge in [-0.1, -0.05) is 19.8 Å². The standard InChI is InChI=1S/C12H21NO/c1-2-3-5-10-7-8-11-6-4-9-13(11)12(10)14/h10-11H,2-9H2,1H3/t10-,11+/m0/s1. The maximum Gasteiger partial charge on any atom is 0.225 e. The van der Waals surface area contributed by atoms with Crippen molar-refractivity contribution in [2.45, 2.75) is 57.9 Å². The number of nitrogens with zero attached hydrogens (tertiary/aromatic N) is 1. The highest BCUT2D eigenvalue weighted by Gasteiger charge is 2.37. The van der Waals surface area contributed by atoms with Crippen LogP contribution in [0.25, 0.3) is 0 Å². The molecule has 2 nitrogen and oxygen atoms in total. The van der Waals surface area contributed by atoms with E-state index in [2.05, 4.69) is 11.8 Å². The second-order valence-electron chi connectivity index (χ2n) is 4.74. The van der Waals surface area contributed by atoms with Crippen LogP contribution in [0, 0.1) is 5.92 Å². The molecule has 80 valence electrons. The molecule has 2 heteroatoms. The van der Waals surface area contributed by atoms with Gasteiger partial charge in [0.1, 0.15) is 0 Å². The Labute approximate surface area is 86.7 Å². The predicted molar refractivity (Wildman–Crippen MR) is 57.0 cm³/mol. The van der Waals surface area contributed by atoms with Gasteiger partial charge in [0.05, 0.1) is 0 Å². The first kappa shape index (κ1) is 10.0. The van der Waals surface area contributed by atoms with E-state index in [9.17, 15) is 4.79 Å². The molecule has 0 bridgehead atoms. The van der Waals surface area contributed by atoms with Crippen molar-refractivity contribution in [2.75, 3.05) is 6.54 Å². The molecule has 2 rings (SSSR count). The van der Waals surface area contributed by atoms with Crippen LogP contribution in [0.4, 0.5) is 0 Å². The second kappa shape index (κ2) is 4.33. The largest absolute Gasteiger partial charge is 0.339 e. The Kier molecular flexibility index (Phi) is 3.09. The molecule has 2 aliphatic heterocycles. The van der Waals surface area contributed by atoms with Gasteiger partial charge in [-0.25, -0.2) is 0 Å². The van der Waals surface area contributed by atoms with Gasteiger partial charge in [0.2, 0.25) is 5.91 Å². The molecule has 0 spiro atoms. The SMILES string of the molecule is CCCC[C@H]1CC[C@H]2CCCN2C1=O. The average molecular weight is 195 g/mol. The van der Waals surface area contributed by atoms with Crippen molar-refractivity contribution < 1.29 is 4.79 Å². The van der Waals surface area contributed by atoms with Gasteiger partial charge in [0.15, 0.2) is 0 Å².